The Balaban J connectivity index is 0.000000214. The first-order valence-electron chi connectivity index (χ1n) is 11.2. The van der Waals surface area contributed by atoms with E-state index in [0.717, 1.165) is 28.8 Å². The molecule has 1 amide bonds. The molecule has 0 aliphatic rings. The number of halogens is 2. The molecule has 0 bridgehead atoms. The number of primary amides is 1. The van der Waals surface area contributed by atoms with E-state index >= 15 is 0 Å². The number of carbonyl (C=O) groups excluding carboxylic acids is 1. The molecule has 4 rings (SSSR count). The fourth-order valence-electron chi connectivity index (χ4n) is 3.81. The largest absolute Gasteiger partial charge is 0.381 e. The van der Waals surface area contributed by atoms with Gasteiger partial charge >= 0.3 is 0 Å². The third kappa shape index (κ3) is 5.22. The minimum Gasteiger partial charge on any atom is -0.381 e. The van der Waals surface area contributed by atoms with Gasteiger partial charge in [0.15, 0.2) is 5.82 Å². The second kappa shape index (κ2) is 11.2. The highest BCUT2D eigenvalue weighted by molar-refractivity contribution is 9.10. The molecule has 0 unspecified atom stereocenters. The molecule has 184 valence electrons. The van der Waals surface area contributed by atoms with Crippen molar-refractivity contribution in [2.24, 2.45) is 12.8 Å². The van der Waals surface area contributed by atoms with Gasteiger partial charge in [0.25, 0.3) is 11.5 Å². The lowest BCUT2D eigenvalue weighted by Gasteiger charge is -2.16. The maximum atomic E-state index is 14.1. The van der Waals surface area contributed by atoms with Gasteiger partial charge in [-0.15, -0.1) is 0 Å². The van der Waals surface area contributed by atoms with Crippen LogP contribution in [0.4, 0.5) is 16.0 Å². The van der Waals surface area contributed by atoms with E-state index in [-0.39, 0.29) is 22.3 Å². The number of pyridine rings is 1. The molecular formula is C25H28BrFN6O2. The molecule has 0 saturated carbocycles. The summed E-state index contributed by atoms with van der Waals surface area (Å²) in [6.07, 6.45) is 1.61. The minimum atomic E-state index is -0.561. The predicted octanol–water partition coefficient (Wildman–Crippen LogP) is 4.38. The quantitative estimate of drug-likeness (QED) is 0.334. The first-order chi connectivity index (χ1) is 16.7. The number of hydrogen-bond acceptors (Lipinski definition) is 5. The van der Waals surface area contributed by atoms with Crippen molar-refractivity contribution in [2.45, 2.75) is 26.7 Å². The Labute approximate surface area is 210 Å². The van der Waals surface area contributed by atoms with Crippen LogP contribution in [0.25, 0.3) is 16.5 Å². The van der Waals surface area contributed by atoms with Gasteiger partial charge in [-0.2, -0.15) is 5.10 Å². The number of hydrogen-bond donors (Lipinski definition) is 3. The van der Waals surface area contributed by atoms with Gasteiger partial charge in [0, 0.05) is 34.8 Å². The van der Waals surface area contributed by atoms with Crippen molar-refractivity contribution >= 4 is 44.2 Å². The third-order valence-electron chi connectivity index (χ3n) is 5.40. The number of aromatic nitrogens is 3. The van der Waals surface area contributed by atoms with E-state index in [2.05, 4.69) is 26.3 Å². The number of amides is 1. The van der Waals surface area contributed by atoms with Crippen LogP contribution < -0.4 is 22.3 Å². The topological polar surface area (TPSA) is 121 Å². The van der Waals surface area contributed by atoms with Crippen LogP contribution in [0, 0.1) is 5.82 Å². The minimum absolute atomic E-state index is 0.116. The number of nitrogens with two attached hydrogens (primary N) is 2. The van der Waals surface area contributed by atoms with Crippen molar-refractivity contribution in [2.75, 3.05) is 17.6 Å². The predicted molar refractivity (Wildman–Crippen MR) is 141 cm³/mol. The molecular weight excluding hydrogens is 515 g/mol. The van der Waals surface area contributed by atoms with E-state index in [9.17, 15) is 14.0 Å². The van der Waals surface area contributed by atoms with Gasteiger partial charge in [-0.05, 0) is 47.0 Å². The normalized spacial score (nSPS) is 10.7. The van der Waals surface area contributed by atoms with Crippen LogP contribution in [0.5, 0.6) is 0 Å². The second-order valence-corrected chi connectivity index (χ2v) is 8.57. The smallest absolute Gasteiger partial charge is 0.266 e. The summed E-state index contributed by atoms with van der Waals surface area (Å²) in [7, 11) is 1.71. The van der Waals surface area contributed by atoms with Crippen molar-refractivity contribution in [3.05, 3.63) is 80.4 Å². The number of carbonyl (C=O) groups is 1. The summed E-state index contributed by atoms with van der Waals surface area (Å²) in [4.78, 5) is 23.9. The van der Waals surface area contributed by atoms with Crippen LogP contribution in [-0.2, 0) is 13.5 Å². The number of rotatable bonds is 6. The van der Waals surface area contributed by atoms with E-state index in [0.29, 0.717) is 17.6 Å². The van der Waals surface area contributed by atoms with E-state index in [1.807, 2.05) is 44.2 Å². The standard InChI is InChI=1S/C17H13BrFNO.C8H15N5O/c1-2-14-16(18)12-9-6-10-13(19)15(12)17(21)20(14)11-7-4-3-5-8-11;1-3-4-11-8-5(7(10)14)6(9)12-13(8)2/h3-10H,2H2,1H3;11H,3-4H2,1-2H3,(H2,9,12)(H2,10,14). The number of anilines is 2. The fourth-order valence-corrected chi connectivity index (χ4v) is 4.60. The summed E-state index contributed by atoms with van der Waals surface area (Å²) < 4.78 is 18.0. The Bertz CT molecular complexity index is 1420. The van der Waals surface area contributed by atoms with Crippen molar-refractivity contribution in [3.8, 4) is 5.69 Å². The molecule has 2 aromatic carbocycles. The number of fused-ring (bicyclic) bond motifs is 1. The number of nitrogens with one attached hydrogen (secondary N) is 1. The van der Waals surface area contributed by atoms with Crippen molar-refractivity contribution < 1.29 is 9.18 Å². The van der Waals surface area contributed by atoms with Crippen LogP contribution in [0.1, 0.15) is 36.3 Å². The number of aryl methyl sites for hydroxylation is 1. The molecule has 0 radical (unpaired) electrons. The molecule has 0 atom stereocenters. The molecule has 0 aliphatic carbocycles. The number of benzene rings is 2. The third-order valence-corrected chi connectivity index (χ3v) is 6.29. The summed E-state index contributed by atoms with van der Waals surface area (Å²) in [5, 5.41) is 7.70. The molecule has 0 saturated heterocycles. The van der Waals surface area contributed by atoms with Crippen LogP contribution in [0.3, 0.4) is 0 Å². The van der Waals surface area contributed by atoms with Crippen LogP contribution in [-0.4, -0.2) is 26.8 Å². The average Bonchev–Trinajstić information content (AvgIpc) is 3.13. The Hall–Kier alpha value is -3.66. The van der Waals surface area contributed by atoms with Gasteiger partial charge in [0.1, 0.15) is 17.2 Å². The van der Waals surface area contributed by atoms with Gasteiger partial charge in [0.2, 0.25) is 0 Å². The molecule has 10 heteroatoms. The van der Waals surface area contributed by atoms with Gasteiger partial charge in [-0.1, -0.05) is 44.2 Å². The lowest BCUT2D eigenvalue weighted by atomic mass is 10.1. The molecule has 4 aromatic rings. The highest BCUT2D eigenvalue weighted by atomic mass is 79.9. The molecule has 0 fully saturated rings. The van der Waals surface area contributed by atoms with Crippen molar-refractivity contribution in [1.82, 2.24) is 14.3 Å². The Morgan fingerprint density at radius 1 is 1.14 bits per heavy atom. The summed E-state index contributed by atoms with van der Waals surface area (Å²) in [6, 6.07) is 14.0. The molecule has 8 nitrogen and oxygen atoms in total. The van der Waals surface area contributed by atoms with Crippen molar-refractivity contribution in [1.29, 1.82) is 0 Å². The summed E-state index contributed by atoms with van der Waals surface area (Å²) >= 11 is 3.53. The Morgan fingerprint density at radius 2 is 1.83 bits per heavy atom. The van der Waals surface area contributed by atoms with E-state index in [1.165, 1.54) is 10.7 Å². The Morgan fingerprint density at radius 3 is 2.43 bits per heavy atom. The lowest BCUT2D eigenvalue weighted by molar-refractivity contribution is 0.100. The first-order valence-corrected chi connectivity index (χ1v) is 11.9. The highest BCUT2D eigenvalue weighted by Gasteiger charge is 2.18. The second-order valence-electron chi connectivity index (χ2n) is 7.78. The number of nitrogen functional groups attached to an aromatic ring is 1. The van der Waals surface area contributed by atoms with E-state index < -0.39 is 11.7 Å². The first kappa shape index (κ1) is 26.0. The summed E-state index contributed by atoms with van der Waals surface area (Å²) in [5.74, 6) is -0.310. The van der Waals surface area contributed by atoms with E-state index in [1.54, 1.807) is 23.7 Å². The number of nitrogens with zero attached hydrogens (tertiary/aromatic N) is 3. The zero-order chi connectivity index (χ0) is 25.7. The van der Waals surface area contributed by atoms with Crippen LogP contribution in [0.15, 0.2) is 57.8 Å². The van der Waals surface area contributed by atoms with Crippen molar-refractivity contribution in [3.63, 3.8) is 0 Å². The summed E-state index contributed by atoms with van der Waals surface area (Å²) in [6.45, 7) is 4.75. The maximum Gasteiger partial charge on any atom is 0.266 e. The summed E-state index contributed by atoms with van der Waals surface area (Å²) in [5.41, 5.74) is 12.2. The monoisotopic (exact) mass is 542 g/mol. The average molecular weight is 543 g/mol. The maximum absolute atomic E-state index is 14.1. The molecule has 35 heavy (non-hydrogen) atoms. The fraction of sp³-hybridized carbons (Fsp3) is 0.240. The zero-order valence-corrected chi connectivity index (χ0v) is 21.4. The SMILES string of the molecule is CCCNc1c(C(N)=O)c(N)nn1C.CCc1c(Br)c2cccc(F)c2c(=O)n1-c1ccccc1. The van der Waals surface area contributed by atoms with Gasteiger partial charge < -0.3 is 16.8 Å². The molecule has 0 aliphatic heterocycles. The number of para-hydroxylation sites is 1. The molecule has 5 N–H and O–H groups in total. The van der Waals surface area contributed by atoms with Gasteiger partial charge in [0.05, 0.1) is 5.39 Å². The lowest BCUT2D eigenvalue weighted by Crippen LogP contribution is -2.23. The zero-order valence-electron chi connectivity index (χ0n) is 19.8. The molecule has 0 spiro atoms. The highest BCUT2D eigenvalue weighted by Crippen LogP contribution is 2.29. The Kier molecular flexibility index (Phi) is 8.29. The van der Waals surface area contributed by atoms with Crippen LogP contribution in [0.2, 0.25) is 0 Å². The molecule has 2 aromatic heterocycles. The molecule has 2 heterocycles. The van der Waals surface area contributed by atoms with Crippen LogP contribution >= 0.6 is 15.9 Å². The van der Waals surface area contributed by atoms with Gasteiger partial charge in [-0.3, -0.25) is 18.8 Å². The van der Waals surface area contributed by atoms with E-state index in [4.69, 9.17) is 11.5 Å². The van der Waals surface area contributed by atoms with Gasteiger partial charge in [-0.25, -0.2) is 4.39 Å².